The zero-order valence-electron chi connectivity index (χ0n) is 23.5. The van der Waals surface area contributed by atoms with Gasteiger partial charge in [0.1, 0.15) is 30.4 Å². The van der Waals surface area contributed by atoms with Gasteiger partial charge in [0.2, 0.25) is 0 Å². The number of urea groups is 1. The molecule has 2 aromatic heterocycles. The van der Waals surface area contributed by atoms with Crippen molar-refractivity contribution in [3.63, 3.8) is 0 Å². The fourth-order valence-electron chi connectivity index (χ4n) is 5.76. The summed E-state index contributed by atoms with van der Waals surface area (Å²) < 4.78 is 13.4. The maximum atomic E-state index is 13.0. The number of carbonyl (C=O) groups excluding carboxylic acids is 1. The molecule has 1 atom stereocenters. The van der Waals surface area contributed by atoms with Gasteiger partial charge in [-0.25, -0.2) is 14.8 Å². The summed E-state index contributed by atoms with van der Waals surface area (Å²) in [4.78, 5) is 31.2. The predicted octanol–water partition coefficient (Wildman–Crippen LogP) is 2.99. The number of dihydropyridines is 1. The average Bonchev–Trinajstić information content (AvgIpc) is 3.54. The van der Waals surface area contributed by atoms with Crippen LogP contribution < -0.4 is 10.1 Å². The molecule has 0 spiro atoms. The minimum atomic E-state index is -0.275. The number of likely N-dealkylation sites (tertiary alicyclic amines) is 1. The number of allylic oxidation sites excluding steroid dienone is 1. The Bertz CT molecular complexity index is 1400. The quantitative estimate of drug-likeness (QED) is 0.418. The molecule has 3 aromatic rings. The van der Waals surface area contributed by atoms with Crippen LogP contribution in [0.3, 0.4) is 0 Å². The second-order valence-electron chi connectivity index (χ2n) is 11.0. The SMILES string of the molecule is CC1(N2CCOCC2)CC=C(NC(=O)N2CCC(c3ncnc4cc(OCCCn5cnnc5)ccc34)CC2)C=N1. The number of nitrogens with one attached hydrogen (secondary N) is 1. The second-order valence-corrected chi connectivity index (χ2v) is 11.0. The number of hydrogen-bond donors (Lipinski definition) is 1. The first-order chi connectivity index (χ1) is 20.1. The molecule has 12 heteroatoms. The van der Waals surface area contributed by atoms with Gasteiger partial charge in [0, 0.05) is 62.7 Å². The lowest BCUT2D eigenvalue weighted by Crippen LogP contribution is -2.51. The molecule has 12 nitrogen and oxygen atoms in total. The first kappa shape index (κ1) is 27.3. The number of amides is 2. The zero-order chi connectivity index (χ0) is 28.1. The summed E-state index contributed by atoms with van der Waals surface area (Å²) in [6.07, 6.45) is 12.2. The molecule has 3 aliphatic heterocycles. The Morgan fingerprint density at radius 3 is 2.68 bits per heavy atom. The zero-order valence-corrected chi connectivity index (χ0v) is 23.5. The lowest BCUT2D eigenvalue weighted by atomic mass is 9.91. The monoisotopic (exact) mass is 559 g/mol. The largest absolute Gasteiger partial charge is 0.493 e. The third-order valence-corrected chi connectivity index (χ3v) is 8.24. The molecule has 0 saturated carbocycles. The van der Waals surface area contributed by atoms with E-state index < -0.39 is 0 Å². The van der Waals surface area contributed by atoms with Gasteiger partial charge in [0.15, 0.2) is 0 Å². The lowest BCUT2D eigenvalue weighted by Gasteiger charge is -2.41. The van der Waals surface area contributed by atoms with E-state index in [-0.39, 0.29) is 17.6 Å². The molecule has 41 heavy (non-hydrogen) atoms. The van der Waals surface area contributed by atoms with Gasteiger partial charge in [-0.1, -0.05) is 6.08 Å². The van der Waals surface area contributed by atoms with E-state index in [9.17, 15) is 4.79 Å². The highest BCUT2D eigenvalue weighted by Crippen LogP contribution is 2.32. The highest BCUT2D eigenvalue weighted by molar-refractivity contribution is 5.88. The summed E-state index contributed by atoms with van der Waals surface area (Å²) >= 11 is 0. The molecule has 2 fully saturated rings. The molecule has 6 rings (SSSR count). The number of ether oxygens (including phenoxy) is 2. The smallest absolute Gasteiger partial charge is 0.321 e. The van der Waals surface area contributed by atoms with Gasteiger partial charge in [-0.05, 0) is 38.3 Å². The Labute approximate surface area is 239 Å². The molecule has 216 valence electrons. The molecule has 0 bridgehead atoms. The average molecular weight is 560 g/mol. The molecule has 0 radical (unpaired) electrons. The topological polar surface area (TPSA) is 123 Å². The van der Waals surface area contributed by atoms with Crippen LogP contribution in [0.1, 0.15) is 44.2 Å². The third kappa shape index (κ3) is 6.38. The Morgan fingerprint density at radius 1 is 1.12 bits per heavy atom. The van der Waals surface area contributed by atoms with Gasteiger partial charge in [-0.15, -0.1) is 10.2 Å². The highest BCUT2D eigenvalue weighted by atomic mass is 16.5. The number of aromatic nitrogens is 5. The summed E-state index contributed by atoms with van der Waals surface area (Å²) in [7, 11) is 0. The summed E-state index contributed by atoms with van der Waals surface area (Å²) in [5.41, 5.74) is 2.40. The van der Waals surface area contributed by atoms with Crippen LogP contribution in [-0.4, -0.2) is 98.4 Å². The number of aryl methyl sites for hydroxylation is 1. The van der Waals surface area contributed by atoms with Crippen molar-refractivity contribution in [1.82, 2.24) is 39.8 Å². The summed E-state index contributed by atoms with van der Waals surface area (Å²) in [5, 5.41) is 11.7. The minimum absolute atomic E-state index is 0.0743. The van der Waals surface area contributed by atoms with Crippen molar-refractivity contribution >= 4 is 23.1 Å². The molecule has 3 aliphatic rings. The summed E-state index contributed by atoms with van der Waals surface area (Å²) in [6.45, 7) is 8.11. The van der Waals surface area contributed by atoms with Crippen LogP contribution in [0.4, 0.5) is 4.79 Å². The number of fused-ring (bicyclic) bond motifs is 1. The molecular formula is C29H37N9O3. The van der Waals surface area contributed by atoms with Crippen LogP contribution in [0.25, 0.3) is 10.9 Å². The van der Waals surface area contributed by atoms with E-state index in [4.69, 9.17) is 14.5 Å². The molecular weight excluding hydrogens is 522 g/mol. The van der Waals surface area contributed by atoms with Crippen molar-refractivity contribution in [3.05, 3.63) is 54.6 Å². The van der Waals surface area contributed by atoms with Crippen LogP contribution in [-0.2, 0) is 11.3 Å². The standard InChI is InChI=1S/C29H37N9O3/c1-29(38-12-15-40-16-13-38)8-5-23(18-32-29)35-28(39)37-10-6-22(7-11-37)27-25-4-3-24(17-26(25)30-19-31-27)41-14-2-9-36-20-33-34-21-36/h3-5,17-22H,2,6-16H2,1H3,(H,35,39). The van der Waals surface area contributed by atoms with E-state index in [0.29, 0.717) is 19.7 Å². The molecule has 5 heterocycles. The van der Waals surface area contributed by atoms with E-state index in [1.807, 2.05) is 21.6 Å². The lowest BCUT2D eigenvalue weighted by molar-refractivity contribution is -0.0126. The Kier molecular flexibility index (Phi) is 8.19. The van der Waals surface area contributed by atoms with Gasteiger partial charge in [-0.2, -0.15) is 0 Å². The van der Waals surface area contributed by atoms with E-state index in [2.05, 4.69) is 49.4 Å². The number of morpholine rings is 1. The van der Waals surface area contributed by atoms with Gasteiger partial charge < -0.3 is 24.3 Å². The van der Waals surface area contributed by atoms with Crippen molar-refractivity contribution < 1.29 is 14.3 Å². The van der Waals surface area contributed by atoms with E-state index in [1.165, 1.54) is 0 Å². The number of piperidine rings is 1. The Balaban J connectivity index is 1.00. The van der Waals surface area contributed by atoms with Gasteiger partial charge in [-0.3, -0.25) is 9.89 Å². The van der Waals surface area contributed by atoms with Crippen molar-refractivity contribution in [2.45, 2.75) is 50.7 Å². The number of hydrogen-bond acceptors (Lipinski definition) is 9. The second kappa shape index (κ2) is 12.3. The minimum Gasteiger partial charge on any atom is -0.493 e. The van der Waals surface area contributed by atoms with E-state index in [0.717, 1.165) is 86.6 Å². The fourth-order valence-corrected chi connectivity index (χ4v) is 5.76. The van der Waals surface area contributed by atoms with Crippen molar-refractivity contribution in [1.29, 1.82) is 0 Å². The van der Waals surface area contributed by atoms with Crippen molar-refractivity contribution in [2.75, 3.05) is 46.0 Å². The predicted molar refractivity (Wildman–Crippen MR) is 154 cm³/mol. The first-order valence-corrected chi connectivity index (χ1v) is 14.4. The molecule has 2 amide bonds. The van der Waals surface area contributed by atoms with Crippen LogP contribution in [0.5, 0.6) is 5.75 Å². The van der Waals surface area contributed by atoms with Crippen LogP contribution in [0, 0.1) is 0 Å². The van der Waals surface area contributed by atoms with Crippen LogP contribution in [0.2, 0.25) is 0 Å². The maximum absolute atomic E-state index is 13.0. The number of aliphatic imine (C=N–C) groups is 1. The van der Waals surface area contributed by atoms with Gasteiger partial charge in [0.25, 0.3) is 0 Å². The molecule has 1 aromatic carbocycles. The maximum Gasteiger partial charge on any atom is 0.321 e. The fraction of sp³-hybridized carbons (Fsp3) is 0.517. The number of rotatable bonds is 8. The molecule has 1 N–H and O–H groups in total. The van der Waals surface area contributed by atoms with Crippen LogP contribution in [0.15, 0.2) is 53.9 Å². The molecule has 2 saturated heterocycles. The van der Waals surface area contributed by atoms with Gasteiger partial charge in [0.05, 0.1) is 36.7 Å². The van der Waals surface area contributed by atoms with E-state index >= 15 is 0 Å². The van der Waals surface area contributed by atoms with E-state index in [1.54, 1.807) is 25.2 Å². The Morgan fingerprint density at radius 2 is 1.93 bits per heavy atom. The number of nitrogens with zero attached hydrogens (tertiary/aromatic N) is 8. The summed E-state index contributed by atoms with van der Waals surface area (Å²) in [5.74, 6) is 1.06. The van der Waals surface area contributed by atoms with Gasteiger partial charge >= 0.3 is 6.03 Å². The Hall–Kier alpha value is -3.90. The number of carbonyl (C=O) groups is 1. The highest BCUT2D eigenvalue weighted by Gasteiger charge is 2.33. The van der Waals surface area contributed by atoms with Crippen LogP contribution >= 0.6 is 0 Å². The van der Waals surface area contributed by atoms with Crippen molar-refractivity contribution in [3.8, 4) is 5.75 Å². The summed E-state index contributed by atoms with van der Waals surface area (Å²) in [6, 6.07) is 5.94. The first-order valence-electron chi connectivity index (χ1n) is 14.4. The molecule has 1 unspecified atom stereocenters. The number of benzene rings is 1. The molecule has 0 aliphatic carbocycles. The normalized spacial score (nSPS) is 22.1. The third-order valence-electron chi connectivity index (χ3n) is 8.24. The van der Waals surface area contributed by atoms with Crippen molar-refractivity contribution in [2.24, 2.45) is 4.99 Å².